The molecule has 1 aliphatic rings. The Morgan fingerprint density at radius 3 is 2.26 bits per heavy atom. The molecular weight excluding hydrogens is 570 g/mol. The summed E-state index contributed by atoms with van der Waals surface area (Å²) in [5.74, 6) is -1.98. The lowest BCUT2D eigenvalue weighted by molar-refractivity contribution is -0.133. The van der Waals surface area contributed by atoms with E-state index < -0.39 is 23.4 Å². The van der Waals surface area contributed by atoms with Crippen LogP contribution in [-0.4, -0.2) is 43.6 Å². The van der Waals surface area contributed by atoms with Crippen LogP contribution in [-0.2, 0) is 9.59 Å². The standard InChI is InChI=1S/C30H27ClF2N4O5/c1-40-27-14-20-24(15-28(27)41-16-17-6-9-34-10-7-17)35-11-8-25(20)42-26-5-3-19(13-23(26)33)37-30(39)29(38)36-18-2-4-21(31)22(32)12-18/h2-5,8,11-15,17,34H,6-7,9-10,16H2,1H3,(H,36,38)(H,37,39). The zero-order valence-electron chi connectivity index (χ0n) is 22.5. The number of fused-ring (bicyclic) bond motifs is 1. The Morgan fingerprint density at radius 1 is 0.905 bits per heavy atom. The highest BCUT2D eigenvalue weighted by atomic mass is 35.5. The van der Waals surface area contributed by atoms with Gasteiger partial charge in [-0.15, -0.1) is 0 Å². The molecule has 3 N–H and O–H groups in total. The fourth-order valence-electron chi connectivity index (χ4n) is 4.48. The number of benzene rings is 3. The number of hydrogen-bond acceptors (Lipinski definition) is 7. The molecule has 4 aromatic rings. The first-order valence-corrected chi connectivity index (χ1v) is 13.5. The summed E-state index contributed by atoms with van der Waals surface area (Å²) in [5.41, 5.74) is 0.622. The van der Waals surface area contributed by atoms with Crippen LogP contribution in [0.25, 0.3) is 10.9 Å². The first-order valence-electron chi connectivity index (χ1n) is 13.2. The van der Waals surface area contributed by atoms with Crippen molar-refractivity contribution >= 4 is 45.7 Å². The highest BCUT2D eigenvalue weighted by molar-refractivity contribution is 6.43. The zero-order chi connectivity index (χ0) is 29.6. The summed E-state index contributed by atoms with van der Waals surface area (Å²) in [7, 11) is 1.54. The zero-order valence-corrected chi connectivity index (χ0v) is 23.3. The minimum Gasteiger partial charge on any atom is -0.493 e. The van der Waals surface area contributed by atoms with Gasteiger partial charge in [0, 0.05) is 35.1 Å². The Balaban J connectivity index is 1.27. The predicted octanol–water partition coefficient (Wildman–Crippen LogP) is 5.92. The van der Waals surface area contributed by atoms with Crippen LogP contribution in [0.3, 0.4) is 0 Å². The van der Waals surface area contributed by atoms with Gasteiger partial charge in [-0.05, 0) is 74.3 Å². The molecule has 1 aliphatic heterocycles. The molecule has 9 nitrogen and oxygen atoms in total. The highest BCUT2D eigenvalue weighted by Crippen LogP contribution is 2.38. The number of hydrogen-bond donors (Lipinski definition) is 3. The van der Waals surface area contributed by atoms with Crippen molar-refractivity contribution in [1.29, 1.82) is 0 Å². The molecule has 42 heavy (non-hydrogen) atoms. The Labute approximate surface area is 245 Å². The van der Waals surface area contributed by atoms with Crippen LogP contribution in [0.4, 0.5) is 20.2 Å². The molecule has 0 spiro atoms. The van der Waals surface area contributed by atoms with Crippen LogP contribution in [0, 0.1) is 17.6 Å². The van der Waals surface area contributed by atoms with Gasteiger partial charge in [0.25, 0.3) is 0 Å². The maximum atomic E-state index is 15.0. The van der Waals surface area contributed by atoms with Crippen LogP contribution in [0.2, 0.25) is 5.02 Å². The third-order valence-corrected chi connectivity index (χ3v) is 7.02. The summed E-state index contributed by atoms with van der Waals surface area (Å²) in [6.07, 6.45) is 3.62. The van der Waals surface area contributed by atoms with Crippen molar-refractivity contribution in [3.8, 4) is 23.0 Å². The number of carbonyl (C=O) groups is 2. The van der Waals surface area contributed by atoms with E-state index in [1.54, 1.807) is 24.4 Å². The monoisotopic (exact) mass is 596 g/mol. The van der Waals surface area contributed by atoms with Crippen molar-refractivity contribution in [1.82, 2.24) is 10.3 Å². The molecule has 0 bridgehead atoms. The van der Waals surface area contributed by atoms with Gasteiger partial charge in [0.15, 0.2) is 23.1 Å². The van der Waals surface area contributed by atoms with E-state index in [-0.39, 0.29) is 22.1 Å². The molecule has 0 aliphatic carbocycles. The smallest absolute Gasteiger partial charge is 0.314 e. The topological polar surface area (TPSA) is 111 Å². The van der Waals surface area contributed by atoms with Gasteiger partial charge >= 0.3 is 11.8 Å². The van der Waals surface area contributed by atoms with Crippen molar-refractivity contribution in [3.05, 3.63) is 77.5 Å². The van der Waals surface area contributed by atoms with Gasteiger partial charge in [-0.3, -0.25) is 14.6 Å². The Hall–Kier alpha value is -4.48. The number of ether oxygens (including phenoxy) is 3. The molecule has 12 heteroatoms. The van der Waals surface area contributed by atoms with E-state index in [0.717, 1.165) is 38.1 Å². The van der Waals surface area contributed by atoms with Crippen LogP contribution < -0.4 is 30.2 Å². The van der Waals surface area contributed by atoms with E-state index in [0.29, 0.717) is 40.7 Å². The van der Waals surface area contributed by atoms with E-state index in [1.165, 1.54) is 31.4 Å². The van der Waals surface area contributed by atoms with Gasteiger partial charge in [-0.1, -0.05) is 11.6 Å². The van der Waals surface area contributed by atoms with E-state index in [4.69, 9.17) is 25.8 Å². The number of halogens is 3. The average Bonchev–Trinajstić information content (AvgIpc) is 2.99. The lowest BCUT2D eigenvalue weighted by Gasteiger charge is -2.23. The molecule has 2 amide bonds. The van der Waals surface area contributed by atoms with E-state index in [1.807, 2.05) is 0 Å². The van der Waals surface area contributed by atoms with Crippen molar-refractivity contribution < 1.29 is 32.6 Å². The van der Waals surface area contributed by atoms with Crippen LogP contribution in [0.5, 0.6) is 23.0 Å². The summed E-state index contributed by atoms with van der Waals surface area (Å²) in [6.45, 7) is 2.50. The highest BCUT2D eigenvalue weighted by Gasteiger charge is 2.19. The number of anilines is 2. The van der Waals surface area contributed by atoms with Gasteiger partial charge in [0.05, 0.1) is 24.3 Å². The number of nitrogens with zero attached hydrogens (tertiary/aromatic N) is 1. The molecular formula is C30H27ClF2N4O5. The number of amides is 2. The third-order valence-electron chi connectivity index (χ3n) is 6.71. The van der Waals surface area contributed by atoms with Gasteiger partial charge in [-0.2, -0.15) is 0 Å². The fourth-order valence-corrected chi connectivity index (χ4v) is 4.59. The number of pyridine rings is 1. The second-order valence-electron chi connectivity index (χ2n) is 9.62. The van der Waals surface area contributed by atoms with Crippen LogP contribution >= 0.6 is 11.6 Å². The Morgan fingerprint density at radius 2 is 1.60 bits per heavy atom. The molecule has 3 aromatic carbocycles. The van der Waals surface area contributed by atoms with Gasteiger partial charge in [-0.25, -0.2) is 8.78 Å². The third kappa shape index (κ3) is 6.87. The van der Waals surface area contributed by atoms with Gasteiger partial charge in [0.1, 0.15) is 11.6 Å². The minimum absolute atomic E-state index is 0.0130. The molecule has 0 saturated carbocycles. The summed E-state index contributed by atoms with van der Waals surface area (Å²) in [5, 5.41) is 8.33. The average molecular weight is 597 g/mol. The molecule has 0 radical (unpaired) electrons. The largest absolute Gasteiger partial charge is 0.493 e. The van der Waals surface area contributed by atoms with Gasteiger partial charge < -0.3 is 30.2 Å². The number of nitrogens with one attached hydrogen (secondary N) is 3. The molecule has 0 unspecified atom stereocenters. The van der Waals surface area contributed by atoms with Crippen molar-refractivity contribution in [2.45, 2.75) is 12.8 Å². The van der Waals surface area contributed by atoms with E-state index in [2.05, 4.69) is 20.9 Å². The molecule has 1 saturated heterocycles. The summed E-state index contributed by atoms with van der Waals surface area (Å²) >= 11 is 5.62. The van der Waals surface area contributed by atoms with Crippen molar-refractivity contribution in [2.24, 2.45) is 5.92 Å². The lowest BCUT2D eigenvalue weighted by Crippen LogP contribution is -2.30. The Kier molecular flexibility index (Phi) is 8.99. The number of aromatic nitrogens is 1. The maximum Gasteiger partial charge on any atom is 0.314 e. The Bertz CT molecular complexity index is 1630. The summed E-state index contributed by atoms with van der Waals surface area (Å²) in [6, 6.07) is 12.3. The summed E-state index contributed by atoms with van der Waals surface area (Å²) in [4.78, 5) is 28.9. The minimum atomic E-state index is -1.08. The van der Waals surface area contributed by atoms with Crippen LogP contribution in [0.1, 0.15) is 12.8 Å². The maximum absolute atomic E-state index is 15.0. The summed E-state index contributed by atoms with van der Waals surface area (Å²) < 4.78 is 46.1. The molecule has 1 fully saturated rings. The van der Waals surface area contributed by atoms with E-state index >= 15 is 4.39 Å². The van der Waals surface area contributed by atoms with Crippen molar-refractivity contribution in [2.75, 3.05) is 37.4 Å². The first-order chi connectivity index (χ1) is 20.3. The SMILES string of the molecule is COc1cc2c(Oc3ccc(NC(=O)C(=O)Nc4ccc(Cl)c(F)c4)cc3F)ccnc2cc1OCC1CCNCC1. The molecule has 0 atom stereocenters. The molecule has 218 valence electrons. The molecule has 2 heterocycles. The quantitative estimate of drug-likeness (QED) is 0.216. The normalized spacial score (nSPS) is 13.4. The number of piperidine rings is 1. The number of methoxy groups -OCH3 is 1. The van der Waals surface area contributed by atoms with E-state index in [9.17, 15) is 14.0 Å². The number of carbonyl (C=O) groups excluding carboxylic acids is 2. The van der Waals surface area contributed by atoms with Crippen LogP contribution in [0.15, 0.2) is 60.8 Å². The fraction of sp³-hybridized carbons (Fsp3) is 0.233. The lowest BCUT2D eigenvalue weighted by atomic mass is 9.99. The first kappa shape index (κ1) is 29.0. The van der Waals surface area contributed by atoms with Gasteiger partial charge in [0.2, 0.25) is 0 Å². The second-order valence-corrected chi connectivity index (χ2v) is 10.0. The number of rotatable bonds is 8. The molecule has 1 aromatic heterocycles. The van der Waals surface area contributed by atoms with Crippen molar-refractivity contribution in [3.63, 3.8) is 0 Å². The molecule has 5 rings (SSSR count). The second kappa shape index (κ2) is 13.0. The predicted molar refractivity (Wildman–Crippen MR) is 155 cm³/mol.